The number of hydrogen-bond donors (Lipinski definition) is 1. The molecule has 1 unspecified atom stereocenters. The van der Waals surface area contributed by atoms with Crippen molar-refractivity contribution >= 4 is 34.3 Å². The highest BCUT2D eigenvalue weighted by Crippen LogP contribution is 2.22. The Kier molecular flexibility index (Phi) is 5.01. The van der Waals surface area contributed by atoms with E-state index in [0.717, 1.165) is 0 Å². The number of carbonyl (C=O) groups excluding carboxylic acids is 3. The van der Waals surface area contributed by atoms with Gasteiger partial charge in [0.25, 0.3) is 0 Å². The first-order valence-corrected chi connectivity index (χ1v) is 8.06. The predicted molar refractivity (Wildman–Crippen MR) is 91.4 cm³/mol. The normalized spacial score (nSPS) is 17.2. The van der Waals surface area contributed by atoms with Crippen LogP contribution in [0, 0.1) is 5.92 Å². The van der Waals surface area contributed by atoms with Crippen LogP contribution < -0.4 is 15.7 Å². The van der Waals surface area contributed by atoms with E-state index in [0.29, 0.717) is 29.6 Å². The Morgan fingerprint density at radius 3 is 2.81 bits per heavy atom. The number of carbonyl (C=O) groups is 3. The molecule has 1 aromatic heterocycles. The molecular formula is C18H17NO7. The van der Waals surface area contributed by atoms with Crippen molar-refractivity contribution in [3.63, 3.8) is 0 Å². The highest BCUT2D eigenvalue weighted by Gasteiger charge is 2.28. The van der Waals surface area contributed by atoms with Crippen LogP contribution >= 0.6 is 0 Å². The van der Waals surface area contributed by atoms with Gasteiger partial charge in [-0.1, -0.05) is 0 Å². The Hall–Kier alpha value is -3.16. The van der Waals surface area contributed by atoms with Crippen molar-refractivity contribution in [1.29, 1.82) is 0 Å². The van der Waals surface area contributed by atoms with Crippen molar-refractivity contribution in [2.24, 2.45) is 5.92 Å². The molecule has 1 aliphatic rings. The maximum atomic E-state index is 12.0. The van der Waals surface area contributed by atoms with Crippen LogP contribution in [0.15, 0.2) is 33.5 Å². The summed E-state index contributed by atoms with van der Waals surface area (Å²) >= 11 is 0. The van der Waals surface area contributed by atoms with Gasteiger partial charge in [0, 0.05) is 17.9 Å². The van der Waals surface area contributed by atoms with Crippen LogP contribution in [0.2, 0.25) is 0 Å². The predicted octanol–water partition coefficient (Wildman–Crippen LogP) is 2.29. The lowest BCUT2D eigenvalue weighted by molar-refractivity contribution is -0.133. The van der Waals surface area contributed by atoms with Crippen molar-refractivity contribution in [1.82, 2.24) is 0 Å². The van der Waals surface area contributed by atoms with Crippen molar-refractivity contribution < 1.29 is 28.3 Å². The summed E-state index contributed by atoms with van der Waals surface area (Å²) in [6.45, 7) is -0.131. The minimum atomic E-state index is -0.866. The fourth-order valence-electron chi connectivity index (χ4n) is 2.73. The number of ketones is 2. The molecule has 0 aliphatic heterocycles. The SMILES string of the molecule is COc1ccc2cc(NC(=O)OCC3CCC(=O)CC3=O)c(=O)oc2c1. The van der Waals surface area contributed by atoms with Gasteiger partial charge >= 0.3 is 11.7 Å². The summed E-state index contributed by atoms with van der Waals surface area (Å²) in [7, 11) is 1.50. The molecule has 26 heavy (non-hydrogen) atoms. The molecule has 1 fully saturated rings. The standard InChI is InChI=1S/C18H17NO7/c1-24-13-5-3-10-6-14(17(22)26-16(10)8-13)19-18(23)25-9-11-2-4-12(20)7-15(11)21/h3,5-6,8,11H,2,4,7,9H2,1H3,(H,19,23). The largest absolute Gasteiger partial charge is 0.497 e. The molecule has 2 aromatic rings. The first kappa shape index (κ1) is 17.7. The summed E-state index contributed by atoms with van der Waals surface area (Å²) in [6.07, 6.45) is -0.313. The van der Waals surface area contributed by atoms with E-state index in [2.05, 4.69) is 5.32 Å². The summed E-state index contributed by atoms with van der Waals surface area (Å²) in [5.41, 5.74) is -0.481. The second-order valence-electron chi connectivity index (χ2n) is 5.99. The molecule has 1 heterocycles. The number of methoxy groups -OCH3 is 1. The van der Waals surface area contributed by atoms with Gasteiger partial charge in [-0.3, -0.25) is 14.9 Å². The molecule has 1 N–H and O–H groups in total. The lowest BCUT2D eigenvalue weighted by Gasteiger charge is -2.19. The zero-order valence-electron chi connectivity index (χ0n) is 14.1. The number of benzene rings is 1. The maximum absolute atomic E-state index is 12.0. The highest BCUT2D eigenvalue weighted by molar-refractivity contribution is 6.02. The molecule has 1 atom stereocenters. The van der Waals surface area contributed by atoms with Gasteiger partial charge in [-0.2, -0.15) is 0 Å². The third-order valence-electron chi connectivity index (χ3n) is 4.19. The topological polar surface area (TPSA) is 112 Å². The fourth-order valence-corrected chi connectivity index (χ4v) is 2.73. The van der Waals surface area contributed by atoms with E-state index < -0.39 is 17.6 Å². The van der Waals surface area contributed by atoms with Gasteiger partial charge < -0.3 is 13.9 Å². The molecule has 0 spiro atoms. The summed E-state index contributed by atoms with van der Waals surface area (Å²) in [5, 5.41) is 2.92. The van der Waals surface area contributed by atoms with Gasteiger partial charge in [0.05, 0.1) is 19.4 Å². The van der Waals surface area contributed by atoms with Crippen molar-refractivity contribution in [3.05, 3.63) is 34.7 Å². The summed E-state index contributed by atoms with van der Waals surface area (Å²) in [5.74, 6) is -0.273. The van der Waals surface area contributed by atoms with Gasteiger partial charge in [0.15, 0.2) is 0 Å². The molecule has 1 amide bonds. The van der Waals surface area contributed by atoms with Crippen LogP contribution in [0.3, 0.4) is 0 Å². The number of fused-ring (bicyclic) bond motifs is 1. The van der Waals surface area contributed by atoms with Crippen molar-refractivity contribution in [2.45, 2.75) is 19.3 Å². The Morgan fingerprint density at radius 1 is 1.27 bits per heavy atom. The van der Waals surface area contributed by atoms with Crippen LogP contribution in [0.25, 0.3) is 11.0 Å². The number of nitrogens with one attached hydrogen (secondary N) is 1. The molecule has 1 aliphatic carbocycles. The number of anilines is 1. The van der Waals surface area contributed by atoms with E-state index in [1.54, 1.807) is 18.2 Å². The maximum Gasteiger partial charge on any atom is 0.411 e. The number of Topliss-reactive ketones (excluding diaryl/α,β-unsaturated/α-hetero) is 2. The molecule has 0 saturated heterocycles. The van der Waals surface area contributed by atoms with Crippen molar-refractivity contribution in [3.8, 4) is 5.75 Å². The zero-order valence-corrected chi connectivity index (χ0v) is 14.1. The third-order valence-corrected chi connectivity index (χ3v) is 4.19. The van der Waals surface area contributed by atoms with Crippen LogP contribution in [0.4, 0.5) is 10.5 Å². The van der Waals surface area contributed by atoms with Gasteiger partial charge in [0.2, 0.25) is 0 Å². The molecule has 8 heteroatoms. The van der Waals surface area contributed by atoms with Crippen LogP contribution in [-0.2, 0) is 14.3 Å². The van der Waals surface area contributed by atoms with Gasteiger partial charge in [-0.05, 0) is 24.6 Å². The van der Waals surface area contributed by atoms with E-state index in [1.165, 1.54) is 13.2 Å². The molecule has 0 bridgehead atoms. The number of ether oxygens (including phenoxy) is 2. The molecular weight excluding hydrogens is 342 g/mol. The van der Waals surface area contributed by atoms with E-state index in [4.69, 9.17) is 13.9 Å². The summed E-state index contributed by atoms with van der Waals surface area (Å²) < 4.78 is 15.2. The molecule has 1 saturated carbocycles. The monoisotopic (exact) mass is 359 g/mol. The second-order valence-corrected chi connectivity index (χ2v) is 5.99. The average molecular weight is 359 g/mol. The minimum Gasteiger partial charge on any atom is -0.497 e. The Morgan fingerprint density at radius 2 is 2.08 bits per heavy atom. The van der Waals surface area contributed by atoms with E-state index in [-0.39, 0.29) is 30.3 Å². The smallest absolute Gasteiger partial charge is 0.411 e. The molecule has 0 radical (unpaired) electrons. The Labute approximate surface area is 148 Å². The highest BCUT2D eigenvalue weighted by atomic mass is 16.5. The van der Waals surface area contributed by atoms with Crippen LogP contribution in [-0.4, -0.2) is 31.4 Å². The lowest BCUT2D eigenvalue weighted by atomic mass is 9.88. The number of amides is 1. The third kappa shape index (κ3) is 3.90. The number of hydrogen-bond acceptors (Lipinski definition) is 7. The van der Waals surface area contributed by atoms with Gasteiger partial charge in [-0.15, -0.1) is 0 Å². The summed E-state index contributed by atoms with van der Waals surface area (Å²) in [6, 6.07) is 6.41. The first-order valence-electron chi connectivity index (χ1n) is 8.06. The Bertz CT molecular complexity index is 931. The second kappa shape index (κ2) is 7.38. The van der Waals surface area contributed by atoms with Gasteiger partial charge in [-0.25, -0.2) is 9.59 Å². The molecule has 8 nitrogen and oxygen atoms in total. The van der Waals surface area contributed by atoms with E-state index >= 15 is 0 Å². The van der Waals surface area contributed by atoms with Crippen molar-refractivity contribution in [2.75, 3.05) is 19.0 Å². The van der Waals surface area contributed by atoms with Crippen LogP contribution in [0.1, 0.15) is 19.3 Å². The van der Waals surface area contributed by atoms with Crippen LogP contribution in [0.5, 0.6) is 5.75 Å². The first-order chi connectivity index (χ1) is 12.5. The fraction of sp³-hybridized carbons (Fsp3) is 0.333. The summed E-state index contributed by atoms with van der Waals surface area (Å²) in [4.78, 5) is 46.8. The molecule has 1 aromatic carbocycles. The Balaban J connectivity index is 1.65. The zero-order chi connectivity index (χ0) is 18.7. The van der Waals surface area contributed by atoms with Gasteiger partial charge in [0.1, 0.15) is 35.2 Å². The lowest BCUT2D eigenvalue weighted by Crippen LogP contribution is -2.30. The quantitative estimate of drug-likeness (QED) is 0.658. The van der Waals surface area contributed by atoms with E-state index in [1.807, 2.05) is 0 Å². The number of rotatable bonds is 4. The average Bonchev–Trinajstić information content (AvgIpc) is 2.61. The minimum absolute atomic E-state index is 0.0715. The molecule has 136 valence electrons. The molecule has 3 rings (SSSR count). The van der Waals surface area contributed by atoms with E-state index in [9.17, 15) is 19.2 Å².